The Morgan fingerprint density at radius 1 is 1.22 bits per heavy atom. The molecule has 2 nitrogen and oxygen atoms in total. The van der Waals surface area contributed by atoms with Crippen LogP contribution in [0.4, 0.5) is 0 Å². The summed E-state index contributed by atoms with van der Waals surface area (Å²) in [5, 5.41) is 4.16. The predicted octanol–water partition coefficient (Wildman–Crippen LogP) is 3.95. The van der Waals surface area contributed by atoms with Gasteiger partial charge in [0.15, 0.2) is 0 Å². The van der Waals surface area contributed by atoms with Crippen LogP contribution in [0.25, 0.3) is 0 Å². The van der Waals surface area contributed by atoms with Crippen LogP contribution >= 0.6 is 11.8 Å². The van der Waals surface area contributed by atoms with Crippen molar-refractivity contribution in [1.82, 2.24) is 5.32 Å². The molecule has 0 bridgehead atoms. The molecule has 0 spiro atoms. The topological polar surface area (TPSA) is 21.3 Å². The van der Waals surface area contributed by atoms with Gasteiger partial charge in [0.05, 0.1) is 7.11 Å². The Morgan fingerprint density at radius 3 is 2.50 bits per heavy atom. The van der Waals surface area contributed by atoms with Crippen molar-refractivity contribution in [3.8, 4) is 5.75 Å². The maximum absolute atomic E-state index is 5.37. The number of nitrogens with one attached hydrogen (secondary N) is 1. The van der Waals surface area contributed by atoms with E-state index in [1.54, 1.807) is 7.11 Å². The summed E-state index contributed by atoms with van der Waals surface area (Å²) in [4.78, 5) is 1.22. The van der Waals surface area contributed by atoms with Crippen molar-refractivity contribution >= 4 is 11.8 Å². The van der Waals surface area contributed by atoms with Gasteiger partial charge in [-0.3, -0.25) is 0 Å². The van der Waals surface area contributed by atoms with Crippen molar-refractivity contribution in [2.75, 3.05) is 13.7 Å². The van der Waals surface area contributed by atoms with Crippen molar-refractivity contribution in [2.24, 2.45) is 0 Å². The lowest BCUT2D eigenvalue weighted by molar-refractivity contribution is 0.404. The van der Waals surface area contributed by atoms with Crippen LogP contribution in [0.1, 0.15) is 33.6 Å². The molecule has 1 N–H and O–H groups in total. The smallest absolute Gasteiger partial charge is 0.132 e. The zero-order chi connectivity index (χ0) is 13.4. The van der Waals surface area contributed by atoms with Gasteiger partial charge in [-0.05, 0) is 25.0 Å². The molecule has 0 saturated carbocycles. The summed E-state index contributed by atoms with van der Waals surface area (Å²) in [5.41, 5.74) is 0. The lowest BCUT2D eigenvalue weighted by Crippen LogP contribution is -2.32. The molecule has 1 atom stereocenters. The maximum Gasteiger partial charge on any atom is 0.132 e. The zero-order valence-corrected chi connectivity index (χ0v) is 12.7. The first-order valence-electron chi connectivity index (χ1n) is 6.74. The second-order valence-corrected chi connectivity index (χ2v) is 5.98. The first-order valence-corrected chi connectivity index (χ1v) is 7.62. The molecule has 0 radical (unpaired) electrons. The van der Waals surface area contributed by atoms with Gasteiger partial charge in [-0.2, -0.15) is 0 Å². The van der Waals surface area contributed by atoms with Gasteiger partial charge in [0.25, 0.3) is 0 Å². The Hall–Kier alpha value is -0.670. The Balaban J connectivity index is 2.46. The molecular formula is C15H25NOS. The Morgan fingerprint density at radius 2 is 1.89 bits per heavy atom. The van der Waals surface area contributed by atoms with Gasteiger partial charge in [-0.25, -0.2) is 0 Å². The highest BCUT2D eigenvalue weighted by molar-refractivity contribution is 8.00. The lowest BCUT2D eigenvalue weighted by atomic mass is 10.2. The second kappa shape index (κ2) is 8.44. The average molecular weight is 267 g/mol. The van der Waals surface area contributed by atoms with E-state index < -0.39 is 0 Å². The summed E-state index contributed by atoms with van der Waals surface area (Å²) < 4.78 is 5.37. The van der Waals surface area contributed by atoms with Crippen LogP contribution in [0, 0.1) is 0 Å². The lowest BCUT2D eigenvalue weighted by Gasteiger charge is -2.19. The normalized spacial score (nSPS) is 12.7. The third-order valence-electron chi connectivity index (χ3n) is 3.08. The molecule has 18 heavy (non-hydrogen) atoms. The molecule has 1 aromatic carbocycles. The largest absolute Gasteiger partial charge is 0.496 e. The molecule has 0 aliphatic heterocycles. The molecule has 102 valence electrons. The number of ether oxygens (including phenoxy) is 1. The van der Waals surface area contributed by atoms with Crippen LogP contribution < -0.4 is 10.1 Å². The zero-order valence-electron chi connectivity index (χ0n) is 11.9. The van der Waals surface area contributed by atoms with Crippen LogP contribution in [0.2, 0.25) is 0 Å². The second-order valence-electron chi connectivity index (χ2n) is 4.50. The highest BCUT2D eigenvalue weighted by atomic mass is 32.2. The molecule has 1 aromatic rings. The van der Waals surface area contributed by atoms with Crippen LogP contribution in [-0.4, -0.2) is 24.9 Å². The number of hydrogen-bond acceptors (Lipinski definition) is 3. The number of rotatable bonds is 8. The monoisotopic (exact) mass is 267 g/mol. The summed E-state index contributed by atoms with van der Waals surface area (Å²) in [7, 11) is 1.73. The quantitative estimate of drug-likeness (QED) is 0.721. The Labute approximate surface area is 116 Å². The number of benzene rings is 1. The summed E-state index contributed by atoms with van der Waals surface area (Å²) in [6.45, 7) is 7.76. The van der Waals surface area contributed by atoms with Gasteiger partial charge in [0.1, 0.15) is 5.75 Å². The SMILES string of the molecule is CCC(CC)NCC(C)Sc1ccccc1OC. The van der Waals surface area contributed by atoms with E-state index in [9.17, 15) is 0 Å². The summed E-state index contributed by atoms with van der Waals surface area (Å²) in [5.74, 6) is 0.969. The van der Waals surface area contributed by atoms with Crippen molar-refractivity contribution in [3.05, 3.63) is 24.3 Å². The molecule has 0 aromatic heterocycles. The fourth-order valence-corrected chi connectivity index (χ4v) is 2.92. The van der Waals surface area contributed by atoms with Crippen molar-refractivity contribution < 1.29 is 4.74 Å². The molecule has 1 unspecified atom stereocenters. The molecule has 0 aliphatic carbocycles. The first kappa shape index (κ1) is 15.4. The number of methoxy groups -OCH3 is 1. The van der Waals surface area contributed by atoms with Crippen LogP contribution in [0.3, 0.4) is 0 Å². The minimum absolute atomic E-state index is 0.543. The maximum atomic E-state index is 5.37. The minimum Gasteiger partial charge on any atom is -0.496 e. The molecule has 3 heteroatoms. The minimum atomic E-state index is 0.543. The van der Waals surface area contributed by atoms with E-state index in [0.717, 1.165) is 12.3 Å². The number of para-hydroxylation sites is 1. The van der Waals surface area contributed by atoms with Gasteiger partial charge >= 0.3 is 0 Å². The molecule has 0 saturated heterocycles. The molecule has 0 heterocycles. The van der Waals surface area contributed by atoms with E-state index in [2.05, 4.69) is 38.2 Å². The predicted molar refractivity (Wildman–Crippen MR) is 80.7 cm³/mol. The van der Waals surface area contributed by atoms with Crippen molar-refractivity contribution in [3.63, 3.8) is 0 Å². The third kappa shape index (κ3) is 4.91. The van der Waals surface area contributed by atoms with Gasteiger partial charge in [-0.15, -0.1) is 11.8 Å². The van der Waals surface area contributed by atoms with Crippen LogP contribution in [-0.2, 0) is 0 Å². The van der Waals surface area contributed by atoms with Gasteiger partial charge < -0.3 is 10.1 Å². The van der Waals surface area contributed by atoms with E-state index in [1.165, 1.54) is 17.7 Å². The number of thioether (sulfide) groups is 1. The van der Waals surface area contributed by atoms with Gasteiger partial charge in [0.2, 0.25) is 0 Å². The van der Waals surface area contributed by atoms with Crippen molar-refractivity contribution in [2.45, 2.75) is 49.8 Å². The van der Waals surface area contributed by atoms with Crippen LogP contribution in [0.15, 0.2) is 29.2 Å². The fraction of sp³-hybridized carbons (Fsp3) is 0.600. The Bertz CT molecular complexity index is 339. The highest BCUT2D eigenvalue weighted by Gasteiger charge is 2.10. The number of hydrogen-bond donors (Lipinski definition) is 1. The molecule has 0 aliphatic rings. The molecule has 0 fully saturated rings. The average Bonchev–Trinajstić information content (AvgIpc) is 2.40. The summed E-state index contributed by atoms with van der Waals surface area (Å²) >= 11 is 1.87. The summed E-state index contributed by atoms with van der Waals surface area (Å²) in [6.07, 6.45) is 2.39. The first-order chi connectivity index (χ1) is 8.71. The molecular weight excluding hydrogens is 242 g/mol. The van der Waals surface area contributed by atoms with Gasteiger partial charge in [-0.1, -0.05) is 32.9 Å². The van der Waals surface area contributed by atoms with E-state index in [1.807, 2.05) is 23.9 Å². The fourth-order valence-electron chi connectivity index (χ4n) is 1.88. The molecule has 0 amide bonds. The standard InChI is InChI=1S/C15H25NOS/c1-5-13(6-2)16-11-12(3)18-15-10-8-7-9-14(15)17-4/h7-10,12-13,16H,5-6,11H2,1-4H3. The molecule has 1 rings (SSSR count). The third-order valence-corrected chi connectivity index (χ3v) is 4.24. The van der Waals surface area contributed by atoms with E-state index in [0.29, 0.717) is 11.3 Å². The van der Waals surface area contributed by atoms with E-state index >= 15 is 0 Å². The van der Waals surface area contributed by atoms with Gasteiger partial charge in [0, 0.05) is 22.7 Å². The van der Waals surface area contributed by atoms with Crippen molar-refractivity contribution in [1.29, 1.82) is 0 Å². The van der Waals surface area contributed by atoms with E-state index in [4.69, 9.17) is 4.74 Å². The van der Waals surface area contributed by atoms with Crippen LogP contribution in [0.5, 0.6) is 5.75 Å². The summed E-state index contributed by atoms with van der Waals surface area (Å²) in [6, 6.07) is 8.85. The highest BCUT2D eigenvalue weighted by Crippen LogP contribution is 2.31. The van der Waals surface area contributed by atoms with E-state index in [-0.39, 0.29) is 0 Å². The Kier molecular flexibility index (Phi) is 7.21.